The van der Waals surface area contributed by atoms with Gasteiger partial charge in [0, 0.05) is 18.9 Å². The van der Waals surface area contributed by atoms with Gasteiger partial charge in [-0.3, -0.25) is 4.98 Å². The Labute approximate surface area is 90.1 Å². The molecule has 0 aliphatic heterocycles. The fourth-order valence-electron chi connectivity index (χ4n) is 1.33. The molecule has 0 bridgehead atoms. The number of pyridine rings is 1. The fourth-order valence-corrected chi connectivity index (χ4v) is 1.33. The molecule has 0 aromatic carbocycles. The SMILES string of the molecule is CCNC(=O)NC(C)(C)c1ccncc1. The third-order valence-corrected chi connectivity index (χ3v) is 2.17. The molecule has 1 heterocycles. The molecule has 0 radical (unpaired) electrons. The number of rotatable bonds is 3. The Morgan fingerprint density at radius 2 is 2.00 bits per heavy atom. The number of aromatic nitrogens is 1. The second-order valence-electron chi connectivity index (χ2n) is 3.85. The van der Waals surface area contributed by atoms with Crippen molar-refractivity contribution < 1.29 is 4.79 Å². The maximum atomic E-state index is 11.4. The normalized spacial score (nSPS) is 10.9. The van der Waals surface area contributed by atoms with Crippen LogP contribution in [-0.4, -0.2) is 17.6 Å². The number of nitrogens with zero attached hydrogens (tertiary/aromatic N) is 1. The predicted octanol–water partition coefficient (Wildman–Crippen LogP) is 1.64. The van der Waals surface area contributed by atoms with Crippen molar-refractivity contribution in [1.29, 1.82) is 0 Å². The van der Waals surface area contributed by atoms with Gasteiger partial charge in [0.05, 0.1) is 5.54 Å². The molecular formula is C11H17N3O. The number of amides is 2. The Bertz CT molecular complexity index is 322. The molecule has 0 aliphatic rings. The van der Waals surface area contributed by atoms with Crippen LogP contribution in [0.15, 0.2) is 24.5 Å². The molecule has 1 aromatic rings. The van der Waals surface area contributed by atoms with Crippen LogP contribution < -0.4 is 10.6 Å². The van der Waals surface area contributed by atoms with Crippen molar-refractivity contribution in [3.05, 3.63) is 30.1 Å². The largest absolute Gasteiger partial charge is 0.338 e. The zero-order valence-electron chi connectivity index (χ0n) is 9.37. The van der Waals surface area contributed by atoms with Crippen molar-refractivity contribution in [1.82, 2.24) is 15.6 Å². The second kappa shape index (κ2) is 4.77. The van der Waals surface area contributed by atoms with Crippen LogP contribution in [0.3, 0.4) is 0 Å². The van der Waals surface area contributed by atoms with E-state index in [0.29, 0.717) is 6.54 Å². The summed E-state index contributed by atoms with van der Waals surface area (Å²) in [5.41, 5.74) is 0.645. The summed E-state index contributed by atoms with van der Waals surface area (Å²) in [7, 11) is 0. The third kappa shape index (κ3) is 3.23. The van der Waals surface area contributed by atoms with Gasteiger partial charge in [-0.2, -0.15) is 0 Å². The highest BCUT2D eigenvalue weighted by atomic mass is 16.2. The summed E-state index contributed by atoms with van der Waals surface area (Å²) in [6.07, 6.45) is 3.44. The highest BCUT2D eigenvalue weighted by Gasteiger charge is 2.21. The average molecular weight is 207 g/mol. The van der Waals surface area contributed by atoms with Gasteiger partial charge < -0.3 is 10.6 Å². The van der Waals surface area contributed by atoms with E-state index in [0.717, 1.165) is 5.56 Å². The van der Waals surface area contributed by atoms with E-state index in [4.69, 9.17) is 0 Å². The van der Waals surface area contributed by atoms with E-state index >= 15 is 0 Å². The number of hydrogen-bond acceptors (Lipinski definition) is 2. The summed E-state index contributed by atoms with van der Waals surface area (Å²) >= 11 is 0. The van der Waals surface area contributed by atoms with E-state index in [1.807, 2.05) is 32.9 Å². The standard InChI is InChI=1S/C11H17N3O/c1-4-13-10(15)14-11(2,3)9-5-7-12-8-6-9/h5-8H,4H2,1-3H3,(H2,13,14,15). The van der Waals surface area contributed by atoms with Crippen LogP contribution in [0.25, 0.3) is 0 Å². The fraction of sp³-hybridized carbons (Fsp3) is 0.455. The van der Waals surface area contributed by atoms with Gasteiger partial charge in [0.1, 0.15) is 0 Å². The number of hydrogen-bond donors (Lipinski definition) is 2. The molecule has 2 amide bonds. The molecule has 1 rings (SSSR count). The van der Waals surface area contributed by atoms with E-state index in [-0.39, 0.29) is 11.6 Å². The minimum atomic E-state index is -0.387. The average Bonchev–Trinajstić information content (AvgIpc) is 2.18. The Balaban J connectivity index is 2.71. The zero-order valence-corrected chi connectivity index (χ0v) is 9.37. The summed E-state index contributed by atoms with van der Waals surface area (Å²) in [4.78, 5) is 15.3. The second-order valence-corrected chi connectivity index (χ2v) is 3.85. The molecular weight excluding hydrogens is 190 g/mol. The van der Waals surface area contributed by atoms with E-state index in [9.17, 15) is 4.79 Å². The first-order valence-electron chi connectivity index (χ1n) is 5.03. The topological polar surface area (TPSA) is 54.0 Å². The summed E-state index contributed by atoms with van der Waals surface area (Å²) in [5.74, 6) is 0. The minimum Gasteiger partial charge on any atom is -0.338 e. The van der Waals surface area contributed by atoms with Crippen LogP contribution in [0.4, 0.5) is 4.79 Å². The van der Waals surface area contributed by atoms with E-state index in [2.05, 4.69) is 15.6 Å². The van der Waals surface area contributed by atoms with Gasteiger partial charge >= 0.3 is 6.03 Å². The lowest BCUT2D eigenvalue weighted by Crippen LogP contribution is -2.46. The van der Waals surface area contributed by atoms with E-state index in [1.165, 1.54) is 0 Å². The molecule has 1 aromatic heterocycles. The molecule has 82 valence electrons. The number of carbonyl (C=O) groups excluding carboxylic acids is 1. The Hall–Kier alpha value is -1.58. The van der Waals surface area contributed by atoms with E-state index < -0.39 is 0 Å². The van der Waals surface area contributed by atoms with Crippen molar-refractivity contribution >= 4 is 6.03 Å². The van der Waals surface area contributed by atoms with Crippen LogP contribution in [0.5, 0.6) is 0 Å². The lowest BCUT2D eigenvalue weighted by molar-refractivity contribution is 0.230. The Morgan fingerprint density at radius 3 is 2.53 bits per heavy atom. The molecule has 4 nitrogen and oxygen atoms in total. The Kier molecular flexibility index (Phi) is 3.66. The number of carbonyl (C=O) groups is 1. The first-order chi connectivity index (χ1) is 7.06. The quantitative estimate of drug-likeness (QED) is 0.791. The monoisotopic (exact) mass is 207 g/mol. The van der Waals surface area contributed by atoms with Gasteiger partial charge in [0.25, 0.3) is 0 Å². The van der Waals surface area contributed by atoms with Gasteiger partial charge in [0.15, 0.2) is 0 Å². The zero-order chi connectivity index (χ0) is 11.3. The number of nitrogens with one attached hydrogen (secondary N) is 2. The highest BCUT2D eigenvalue weighted by molar-refractivity contribution is 5.74. The lowest BCUT2D eigenvalue weighted by Gasteiger charge is -2.26. The van der Waals surface area contributed by atoms with Crippen molar-refractivity contribution in [3.8, 4) is 0 Å². The molecule has 2 N–H and O–H groups in total. The van der Waals surface area contributed by atoms with E-state index in [1.54, 1.807) is 12.4 Å². The molecule has 0 unspecified atom stereocenters. The molecule has 15 heavy (non-hydrogen) atoms. The van der Waals surface area contributed by atoms with Gasteiger partial charge in [-0.05, 0) is 38.5 Å². The number of urea groups is 1. The van der Waals surface area contributed by atoms with Crippen molar-refractivity contribution in [3.63, 3.8) is 0 Å². The summed E-state index contributed by atoms with van der Waals surface area (Å²) in [6, 6.07) is 3.64. The van der Waals surface area contributed by atoms with Crippen LogP contribution >= 0.6 is 0 Å². The maximum Gasteiger partial charge on any atom is 0.315 e. The minimum absolute atomic E-state index is 0.153. The molecule has 0 atom stereocenters. The molecule has 0 aliphatic carbocycles. The van der Waals surface area contributed by atoms with Crippen LogP contribution in [0, 0.1) is 0 Å². The molecule has 0 spiro atoms. The molecule has 0 saturated heterocycles. The van der Waals surface area contributed by atoms with Gasteiger partial charge in [-0.25, -0.2) is 4.79 Å². The van der Waals surface area contributed by atoms with Gasteiger partial charge in [-0.15, -0.1) is 0 Å². The summed E-state index contributed by atoms with van der Waals surface area (Å²) < 4.78 is 0. The summed E-state index contributed by atoms with van der Waals surface area (Å²) in [5, 5.41) is 5.60. The summed E-state index contributed by atoms with van der Waals surface area (Å²) in [6.45, 7) is 6.42. The molecule has 0 fully saturated rings. The lowest BCUT2D eigenvalue weighted by atomic mass is 9.96. The smallest absolute Gasteiger partial charge is 0.315 e. The maximum absolute atomic E-state index is 11.4. The van der Waals surface area contributed by atoms with Crippen LogP contribution in [-0.2, 0) is 5.54 Å². The van der Waals surface area contributed by atoms with Gasteiger partial charge in [0.2, 0.25) is 0 Å². The van der Waals surface area contributed by atoms with Crippen molar-refractivity contribution in [2.45, 2.75) is 26.3 Å². The molecule has 0 saturated carbocycles. The Morgan fingerprint density at radius 1 is 1.40 bits per heavy atom. The first-order valence-corrected chi connectivity index (χ1v) is 5.03. The third-order valence-electron chi connectivity index (χ3n) is 2.17. The first kappa shape index (κ1) is 11.5. The van der Waals surface area contributed by atoms with Crippen LogP contribution in [0.2, 0.25) is 0 Å². The predicted molar refractivity (Wildman–Crippen MR) is 59.5 cm³/mol. The highest BCUT2D eigenvalue weighted by Crippen LogP contribution is 2.18. The van der Waals surface area contributed by atoms with Crippen LogP contribution in [0.1, 0.15) is 26.3 Å². The van der Waals surface area contributed by atoms with Gasteiger partial charge in [-0.1, -0.05) is 0 Å². The van der Waals surface area contributed by atoms with Crippen molar-refractivity contribution in [2.75, 3.05) is 6.54 Å². The van der Waals surface area contributed by atoms with Crippen molar-refractivity contribution in [2.24, 2.45) is 0 Å². The molecule has 4 heteroatoms.